The van der Waals surface area contributed by atoms with Gasteiger partial charge in [-0.1, -0.05) is 24.3 Å². The van der Waals surface area contributed by atoms with Crippen LogP contribution in [0.4, 0.5) is 0 Å². The van der Waals surface area contributed by atoms with Crippen molar-refractivity contribution in [2.75, 3.05) is 6.61 Å². The largest absolute Gasteiger partial charge is 0.396 e. The number of nitrogens with zero attached hydrogens (tertiary/aromatic N) is 1. The molecule has 19 heavy (non-hydrogen) atoms. The Morgan fingerprint density at radius 3 is 2.32 bits per heavy atom. The number of aryl methyl sites for hydroxylation is 1. The molecule has 0 saturated carbocycles. The van der Waals surface area contributed by atoms with E-state index in [1.165, 1.54) is 5.39 Å². The van der Waals surface area contributed by atoms with Crippen molar-refractivity contribution in [3.05, 3.63) is 42.1 Å². The topological polar surface area (TPSA) is 108 Å². The van der Waals surface area contributed by atoms with Crippen LogP contribution in [0.5, 0.6) is 0 Å². The van der Waals surface area contributed by atoms with Gasteiger partial charge >= 0.3 is 10.4 Å². The lowest BCUT2D eigenvalue weighted by atomic mass is 10.1. The first-order valence-electron chi connectivity index (χ1n) is 5.55. The number of fused-ring (bicyclic) bond motifs is 1. The van der Waals surface area contributed by atoms with E-state index in [4.69, 9.17) is 22.6 Å². The summed E-state index contributed by atoms with van der Waals surface area (Å²) in [6.45, 7) is 0.231. The Morgan fingerprint density at radius 1 is 1.05 bits per heavy atom. The van der Waals surface area contributed by atoms with E-state index >= 15 is 0 Å². The first-order chi connectivity index (χ1) is 8.90. The molecule has 0 unspecified atom stereocenters. The molecule has 0 aliphatic heterocycles. The highest BCUT2D eigenvalue weighted by Gasteiger charge is 1.96. The number of aromatic nitrogens is 1. The third kappa shape index (κ3) is 6.82. The van der Waals surface area contributed by atoms with Crippen molar-refractivity contribution in [3.8, 4) is 0 Å². The molecule has 0 fully saturated rings. The van der Waals surface area contributed by atoms with Gasteiger partial charge in [0.05, 0.1) is 5.52 Å². The number of aliphatic hydroxyl groups excluding tert-OH is 1. The molecule has 7 heteroatoms. The fraction of sp³-hybridized carbons (Fsp3) is 0.250. The predicted molar refractivity (Wildman–Crippen MR) is 71.3 cm³/mol. The van der Waals surface area contributed by atoms with Crippen molar-refractivity contribution in [2.45, 2.75) is 12.8 Å². The molecule has 0 saturated heterocycles. The van der Waals surface area contributed by atoms with Crippen molar-refractivity contribution < 1.29 is 22.6 Å². The van der Waals surface area contributed by atoms with Crippen LogP contribution in [0.1, 0.15) is 12.1 Å². The van der Waals surface area contributed by atoms with Crippen LogP contribution in [0.2, 0.25) is 0 Å². The molecule has 1 aromatic carbocycles. The van der Waals surface area contributed by atoms with Gasteiger partial charge in [0, 0.05) is 17.7 Å². The first-order valence-corrected chi connectivity index (χ1v) is 6.95. The molecule has 0 aliphatic carbocycles. The third-order valence-corrected chi connectivity index (χ3v) is 2.25. The summed E-state index contributed by atoms with van der Waals surface area (Å²) in [6, 6.07) is 12.2. The Labute approximate surface area is 111 Å². The van der Waals surface area contributed by atoms with Crippen molar-refractivity contribution in [1.82, 2.24) is 4.98 Å². The van der Waals surface area contributed by atoms with Crippen LogP contribution in [0.3, 0.4) is 0 Å². The maximum absolute atomic E-state index is 8.74. The van der Waals surface area contributed by atoms with Crippen LogP contribution in [0.15, 0.2) is 36.4 Å². The van der Waals surface area contributed by atoms with Crippen LogP contribution in [0, 0.1) is 0 Å². The number of rotatable bonds is 3. The van der Waals surface area contributed by atoms with Gasteiger partial charge in [0.15, 0.2) is 0 Å². The fourth-order valence-corrected chi connectivity index (χ4v) is 1.51. The Kier molecular flexibility index (Phi) is 5.84. The first kappa shape index (κ1) is 15.5. The van der Waals surface area contributed by atoms with Crippen LogP contribution in [-0.4, -0.2) is 34.2 Å². The summed E-state index contributed by atoms with van der Waals surface area (Å²) in [5.74, 6) is 0. The summed E-state index contributed by atoms with van der Waals surface area (Å²) < 4.78 is 31.6. The van der Waals surface area contributed by atoms with Gasteiger partial charge in [0.1, 0.15) is 0 Å². The molecule has 0 atom stereocenters. The SMILES string of the molecule is O=S(=O)(O)O.OCCCc1ccc2ccccc2n1. The average molecular weight is 285 g/mol. The second-order valence-corrected chi connectivity index (χ2v) is 4.67. The maximum Gasteiger partial charge on any atom is 0.394 e. The summed E-state index contributed by atoms with van der Waals surface area (Å²) in [5.41, 5.74) is 2.08. The van der Waals surface area contributed by atoms with E-state index in [0.717, 1.165) is 24.1 Å². The molecular weight excluding hydrogens is 270 g/mol. The molecular formula is C12H15NO5S. The van der Waals surface area contributed by atoms with Gasteiger partial charge in [0.25, 0.3) is 0 Å². The summed E-state index contributed by atoms with van der Waals surface area (Å²) in [6.07, 6.45) is 1.63. The number of pyridine rings is 1. The highest BCUT2D eigenvalue weighted by molar-refractivity contribution is 7.79. The third-order valence-electron chi connectivity index (χ3n) is 2.25. The minimum absolute atomic E-state index is 0.231. The highest BCUT2D eigenvalue weighted by atomic mass is 32.3. The van der Waals surface area contributed by atoms with Crippen LogP contribution in [-0.2, 0) is 16.8 Å². The molecule has 0 aliphatic rings. The van der Waals surface area contributed by atoms with E-state index in [9.17, 15) is 0 Å². The lowest BCUT2D eigenvalue weighted by molar-refractivity contribution is 0.288. The smallest absolute Gasteiger partial charge is 0.394 e. The molecule has 0 spiro atoms. The number of benzene rings is 1. The Bertz CT molecular complexity index is 619. The van der Waals surface area contributed by atoms with Gasteiger partial charge in [-0.15, -0.1) is 0 Å². The van der Waals surface area contributed by atoms with Gasteiger partial charge in [0.2, 0.25) is 0 Å². The van der Waals surface area contributed by atoms with Gasteiger partial charge < -0.3 is 5.11 Å². The van der Waals surface area contributed by atoms with Crippen molar-refractivity contribution in [1.29, 1.82) is 0 Å². The molecule has 104 valence electrons. The van der Waals surface area contributed by atoms with Gasteiger partial charge in [-0.25, -0.2) is 0 Å². The maximum atomic E-state index is 8.74. The molecule has 2 rings (SSSR count). The molecule has 6 nitrogen and oxygen atoms in total. The van der Waals surface area contributed by atoms with E-state index in [-0.39, 0.29) is 6.61 Å². The normalized spacial score (nSPS) is 10.9. The zero-order chi connectivity index (χ0) is 14.3. The van der Waals surface area contributed by atoms with Gasteiger partial charge in [-0.3, -0.25) is 14.1 Å². The number of hydrogen-bond donors (Lipinski definition) is 3. The van der Waals surface area contributed by atoms with Crippen LogP contribution in [0.25, 0.3) is 10.9 Å². The highest BCUT2D eigenvalue weighted by Crippen LogP contribution is 2.12. The zero-order valence-corrected chi connectivity index (χ0v) is 10.9. The van der Waals surface area contributed by atoms with Crippen LogP contribution < -0.4 is 0 Å². The molecule has 1 heterocycles. The summed E-state index contributed by atoms with van der Waals surface area (Å²) >= 11 is 0. The van der Waals surface area contributed by atoms with E-state index in [2.05, 4.69) is 17.1 Å². The number of aliphatic hydroxyl groups is 1. The Morgan fingerprint density at radius 2 is 1.68 bits per heavy atom. The lowest BCUT2D eigenvalue weighted by Gasteiger charge is -2.01. The van der Waals surface area contributed by atoms with Crippen LogP contribution >= 0.6 is 0 Å². The molecule has 2 aromatic rings. The van der Waals surface area contributed by atoms with Crippen molar-refractivity contribution >= 4 is 21.3 Å². The monoisotopic (exact) mass is 285 g/mol. The lowest BCUT2D eigenvalue weighted by Crippen LogP contribution is -1.93. The van der Waals surface area contributed by atoms with E-state index in [1.807, 2.05) is 24.3 Å². The van der Waals surface area contributed by atoms with E-state index in [0.29, 0.717) is 0 Å². The second-order valence-electron chi connectivity index (χ2n) is 3.77. The van der Waals surface area contributed by atoms with E-state index < -0.39 is 10.4 Å². The summed E-state index contributed by atoms with van der Waals surface area (Å²) in [4.78, 5) is 4.50. The molecule has 3 N–H and O–H groups in total. The molecule has 0 radical (unpaired) electrons. The van der Waals surface area contributed by atoms with Crippen molar-refractivity contribution in [2.24, 2.45) is 0 Å². The Balaban J connectivity index is 0.000000312. The quantitative estimate of drug-likeness (QED) is 0.738. The second kappa shape index (κ2) is 7.15. The minimum atomic E-state index is -4.67. The Hall–Kier alpha value is -1.54. The standard InChI is InChI=1S/C12H13NO.H2O4S/c14-9-3-5-11-8-7-10-4-1-2-6-12(10)13-11;1-5(2,3)4/h1-2,4,6-8,14H,3,5,9H2;(H2,1,2,3,4). The molecule has 1 aromatic heterocycles. The molecule has 0 bridgehead atoms. The zero-order valence-electron chi connectivity index (χ0n) is 10.1. The average Bonchev–Trinajstić information content (AvgIpc) is 2.34. The fourth-order valence-electron chi connectivity index (χ4n) is 1.51. The number of hydrogen-bond acceptors (Lipinski definition) is 4. The molecule has 0 amide bonds. The van der Waals surface area contributed by atoms with Gasteiger partial charge in [-0.2, -0.15) is 8.42 Å². The predicted octanol–water partition coefficient (Wildman–Crippen LogP) is 1.51. The minimum Gasteiger partial charge on any atom is -0.396 e. The summed E-state index contributed by atoms with van der Waals surface area (Å²) in [7, 11) is -4.67. The van der Waals surface area contributed by atoms with Gasteiger partial charge in [-0.05, 0) is 25.0 Å². The van der Waals surface area contributed by atoms with Crippen molar-refractivity contribution in [3.63, 3.8) is 0 Å². The summed E-state index contributed by atoms with van der Waals surface area (Å²) in [5, 5.41) is 9.88. The van der Waals surface area contributed by atoms with E-state index in [1.54, 1.807) is 0 Å². The number of para-hydroxylation sites is 1.